The first-order valence-corrected chi connectivity index (χ1v) is 7.99. The van der Waals surface area contributed by atoms with E-state index in [0.717, 1.165) is 41.7 Å². The molecule has 116 valence electrons. The van der Waals surface area contributed by atoms with Crippen molar-refractivity contribution in [2.45, 2.75) is 26.4 Å². The van der Waals surface area contributed by atoms with E-state index in [1.54, 1.807) is 0 Å². The van der Waals surface area contributed by atoms with Gasteiger partial charge in [-0.2, -0.15) is 0 Å². The van der Waals surface area contributed by atoms with E-state index in [4.69, 9.17) is 16.3 Å². The number of ether oxygens (including phenoxy) is 1. The van der Waals surface area contributed by atoms with Crippen LogP contribution in [0.1, 0.15) is 30.0 Å². The zero-order valence-electron chi connectivity index (χ0n) is 12.9. The maximum Gasteiger partial charge on any atom is 0.135 e. The first kappa shape index (κ1) is 15.3. The Morgan fingerprint density at radius 1 is 1.32 bits per heavy atom. The molecule has 0 bridgehead atoms. The van der Waals surface area contributed by atoms with E-state index in [9.17, 15) is 0 Å². The van der Waals surface area contributed by atoms with Crippen molar-refractivity contribution in [2.24, 2.45) is 0 Å². The molecule has 1 atom stereocenters. The van der Waals surface area contributed by atoms with Gasteiger partial charge in [-0.1, -0.05) is 30.7 Å². The van der Waals surface area contributed by atoms with Crippen molar-refractivity contribution in [3.05, 3.63) is 52.4 Å². The molecule has 1 fully saturated rings. The molecule has 22 heavy (non-hydrogen) atoms. The van der Waals surface area contributed by atoms with Crippen molar-refractivity contribution in [3.63, 3.8) is 0 Å². The van der Waals surface area contributed by atoms with Crippen LogP contribution in [0.25, 0.3) is 0 Å². The lowest BCUT2D eigenvalue weighted by Crippen LogP contribution is -2.39. The standard InChI is InChI=1S/C17H20ClN3O/c1-3-13-10-19-12(2)20-17(13)21-8-9-22-16(11-21)14-4-6-15(18)7-5-14/h4-7,10,16H,3,8-9,11H2,1-2H3. The number of anilines is 1. The van der Waals surface area contributed by atoms with Gasteiger partial charge in [-0.25, -0.2) is 9.97 Å². The summed E-state index contributed by atoms with van der Waals surface area (Å²) < 4.78 is 5.93. The average molecular weight is 318 g/mol. The van der Waals surface area contributed by atoms with Gasteiger partial charge in [0.1, 0.15) is 17.7 Å². The smallest absolute Gasteiger partial charge is 0.135 e. The Hall–Kier alpha value is -1.65. The molecule has 0 radical (unpaired) electrons. The summed E-state index contributed by atoms with van der Waals surface area (Å²) in [6.45, 7) is 6.41. The second-order valence-electron chi connectivity index (χ2n) is 5.48. The molecule has 0 N–H and O–H groups in total. The van der Waals surface area contributed by atoms with E-state index in [0.29, 0.717) is 6.61 Å². The third-order valence-electron chi connectivity index (χ3n) is 3.95. The van der Waals surface area contributed by atoms with E-state index in [2.05, 4.69) is 21.8 Å². The highest BCUT2D eigenvalue weighted by atomic mass is 35.5. The SMILES string of the molecule is CCc1cnc(C)nc1N1CCOC(c2ccc(Cl)cc2)C1. The molecule has 1 aliphatic heterocycles. The highest BCUT2D eigenvalue weighted by Gasteiger charge is 2.24. The Kier molecular flexibility index (Phi) is 4.60. The van der Waals surface area contributed by atoms with Crippen LogP contribution in [0.5, 0.6) is 0 Å². The summed E-state index contributed by atoms with van der Waals surface area (Å²) in [5.74, 6) is 1.85. The largest absolute Gasteiger partial charge is 0.370 e. The third-order valence-corrected chi connectivity index (χ3v) is 4.20. The fraction of sp³-hybridized carbons (Fsp3) is 0.412. The molecule has 0 saturated carbocycles. The van der Waals surface area contributed by atoms with Crippen LogP contribution in [0.2, 0.25) is 5.02 Å². The molecule has 0 amide bonds. The summed E-state index contributed by atoms with van der Waals surface area (Å²) in [7, 11) is 0. The minimum absolute atomic E-state index is 0.0472. The van der Waals surface area contributed by atoms with Gasteiger partial charge in [-0.3, -0.25) is 0 Å². The van der Waals surface area contributed by atoms with Gasteiger partial charge in [-0.05, 0) is 31.0 Å². The molecular formula is C17H20ClN3O. The van der Waals surface area contributed by atoms with Crippen molar-refractivity contribution in [1.29, 1.82) is 0 Å². The quantitative estimate of drug-likeness (QED) is 0.867. The number of benzene rings is 1. The highest BCUT2D eigenvalue weighted by molar-refractivity contribution is 6.30. The van der Waals surface area contributed by atoms with Gasteiger partial charge >= 0.3 is 0 Å². The van der Waals surface area contributed by atoms with Crippen LogP contribution < -0.4 is 4.90 Å². The van der Waals surface area contributed by atoms with Crippen molar-refractivity contribution in [3.8, 4) is 0 Å². The topological polar surface area (TPSA) is 38.2 Å². The molecule has 4 nitrogen and oxygen atoms in total. The minimum atomic E-state index is 0.0472. The summed E-state index contributed by atoms with van der Waals surface area (Å²) in [5.41, 5.74) is 2.33. The summed E-state index contributed by atoms with van der Waals surface area (Å²) in [5, 5.41) is 0.746. The maximum absolute atomic E-state index is 5.96. The zero-order chi connectivity index (χ0) is 15.5. The van der Waals surface area contributed by atoms with Crippen molar-refractivity contribution >= 4 is 17.4 Å². The second kappa shape index (κ2) is 6.63. The van der Waals surface area contributed by atoms with E-state index in [1.807, 2.05) is 37.4 Å². The lowest BCUT2D eigenvalue weighted by atomic mass is 10.1. The molecule has 0 aliphatic carbocycles. The van der Waals surface area contributed by atoms with Gasteiger partial charge in [0, 0.05) is 29.9 Å². The Balaban J connectivity index is 1.84. The second-order valence-corrected chi connectivity index (χ2v) is 5.91. The Labute approximate surface area is 136 Å². The van der Waals surface area contributed by atoms with Crippen molar-refractivity contribution in [1.82, 2.24) is 9.97 Å². The van der Waals surface area contributed by atoms with E-state index in [-0.39, 0.29) is 6.10 Å². The highest BCUT2D eigenvalue weighted by Crippen LogP contribution is 2.27. The molecule has 0 spiro atoms. The number of rotatable bonds is 3. The van der Waals surface area contributed by atoms with Gasteiger partial charge in [0.15, 0.2) is 0 Å². The molecular weight excluding hydrogens is 298 g/mol. The van der Waals surface area contributed by atoms with E-state index >= 15 is 0 Å². The number of hydrogen-bond donors (Lipinski definition) is 0. The predicted molar refractivity (Wildman–Crippen MR) is 88.5 cm³/mol. The van der Waals surface area contributed by atoms with Gasteiger partial charge < -0.3 is 9.64 Å². The molecule has 1 aromatic heterocycles. The molecule has 3 rings (SSSR count). The summed E-state index contributed by atoms with van der Waals surface area (Å²) in [6.07, 6.45) is 2.91. The molecule has 1 unspecified atom stereocenters. The third kappa shape index (κ3) is 3.23. The number of hydrogen-bond acceptors (Lipinski definition) is 4. The number of halogens is 1. The van der Waals surface area contributed by atoms with Crippen LogP contribution in [0.4, 0.5) is 5.82 Å². The monoisotopic (exact) mass is 317 g/mol. The fourth-order valence-corrected chi connectivity index (χ4v) is 2.85. The molecule has 5 heteroatoms. The van der Waals surface area contributed by atoms with E-state index < -0.39 is 0 Å². The Morgan fingerprint density at radius 3 is 2.82 bits per heavy atom. The van der Waals surface area contributed by atoms with E-state index in [1.165, 1.54) is 5.56 Å². The number of aryl methyl sites for hydroxylation is 2. The minimum Gasteiger partial charge on any atom is -0.370 e. The molecule has 1 aromatic carbocycles. The number of morpholine rings is 1. The molecule has 2 aromatic rings. The number of nitrogens with zero attached hydrogens (tertiary/aromatic N) is 3. The molecule has 1 saturated heterocycles. The first-order chi connectivity index (χ1) is 10.7. The zero-order valence-corrected chi connectivity index (χ0v) is 13.7. The number of aromatic nitrogens is 2. The van der Waals surface area contributed by atoms with Gasteiger partial charge in [0.2, 0.25) is 0 Å². The van der Waals surface area contributed by atoms with Crippen LogP contribution in [0, 0.1) is 6.92 Å². The van der Waals surface area contributed by atoms with Gasteiger partial charge in [0.05, 0.1) is 6.61 Å². The Bertz CT molecular complexity index is 645. The summed E-state index contributed by atoms with van der Waals surface area (Å²) in [4.78, 5) is 11.3. The molecule has 2 heterocycles. The fourth-order valence-electron chi connectivity index (χ4n) is 2.73. The van der Waals surface area contributed by atoms with Gasteiger partial charge in [-0.15, -0.1) is 0 Å². The van der Waals surface area contributed by atoms with Crippen LogP contribution in [0.15, 0.2) is 30.5 Å². The van der Waals surface area contributed by atoms with Crippen LogP contribution in [-0.2, 0) is 11.2 Å². The lowest BCUT2D eigenvalue weighted by molar-refractivity contribution is 0.0394. The summed E-state index contributed by atoms with van der Waals surface area (Å²) in [6, 6.07) is 7.88. The average Bonchev–Trinajstić information content (AvgIpc) is 2.55. The predicted octanol–water partition coefficient (Wildman–Crippen LogP) is 3.58. The normalized spacial score (nSPS) is 18.5. The van der Waals surface area contributed by atoms with Crippen LogP contribution in [0.3, 0.4) is 0 Å². The first-order valence-electron chi connectivity index (χ1n) is 7.62. The van der Waals surface area contributed by atoms with Crippen LogP contribution in [-0.4, -0.2) is 29.7 Å². The lowest BCUT2D eigenvalue weighted by Gasteiger charge is -2.35. The van der Waals surface area contributed by atoms with Crippen LogP contribution >= 0.6 is 11.6 Å². The van der Waals surface area contributed by atoms with Gasteiger partial charge in [0.25, 0.3) is 0 Å². The van der Waals surface area contributed by atoms with Crippen molar-refractivity contribution in [2.75, 3.05) is 24.6 Å². The Morgan fingerprint density at radius 2 is 2.09 bits per heavy atom. The molecule has 1 aliphatic rings. The van der Waals surface area contributed by atoms with Crippen molar-refractivity contribution < 1.29 is 4.74 Å². The maximum atomic E-state index is 5.96. The summed E-state index contributed by atoms with van der Waals surface area (Å²) >= 11 is 5.96.